The van der Waals surface area contributed by atoms with Gasteiger partial charge >= 0.3 is 0 Å². The second-order valence-electron chi connectivity index (χ2n) is 11.6. The second kappa shape index (κ2) is 15.0. The summed E-state index contributed by atoms with van der Waals surface area (Å²) in [5.74, 6) is 0. The largest absolute Gasteiger partial charge is 0.372 e. The van der Waals surface area contributed by atoms with Gasteiger partial charge in [-0.2, -0.15) is 8.42 Å². The van der Waals surface area contributed by atoms with Gasteiger partial charge in [0, 0.05) is 49.7 Å². The Morgan fingerprint density at radius 1 is 0.702 bits per heavy atom. The van der Waals surface area contributed by atoms with Gasteiger partial charge in [-0.05, 0) is 122 Å². The summed E-state index contributed by atoms with van der Waals surface area (Å²) in [5.41, 5.74) is 12.2. The first-order valence-electron chi connectivity index (χ1n) is 16.6. The van der Waals surface area contributed by atoms with E-state index in [1.165, 1.54) is 17.8 Å². The maximum absolute atomic E-state index is 11.7. The highest BCUT2D eigenvalue weighted by Crippen LogP contribution is 2.39. The van der Waals surface area contributed by atoms with Crippen LogP contribution in [0.3, 0.4) is 0 Å². The highest BCUT2D eigenvalue weighted by Gasteiger charge is 2.22. The molecule has 0 unspecified atom stereocenters. The molecule has 1 aliphatic carbocycles. The van der Waals surface area contributed by atoms with Crippen molar-refractivity contribution in [3.8, 4) is 0 Å². The molecule has 6 nitrogen and oxygen atoms in total. The summed E-state index contributed by atoms with van der Waals surface area (Å²) in [6.45, 7) is 15.1. The number of aliphatic imine (C=N–C) groups is 1. The Kier molecular flexibility index (Phi) is 10.8. The lowest BCUT2D eigenvalue weighted by Crippen LogP contribution is -2.23. The van der Waals surface area contributed by atoms with Crippen LogP contribution < -0.4 is 9.80 Å². The average Bonchev–Trinajstić information content (AvgIpc) is 3.08. The standard InChI is InChI=1S/C40H45N3O3S/c1-6-41-38-25-24-37(35-13-11-12-14-36(35)38)40(30-17-20-33(21-18-30)42(7-2)8-3)31-19-26-39(43(9-4)10-5)32(28-31)27-29-15-22-34(23-16-29)47(44,45)46/h11-26,28H,6-10,27H2,1-5H3,(H,44,45,46)/b40-37-,41-38?. The van der Waals surface area contributed by atoms with E-state index in [1.54, 1.807) is 12.1 Å². The van der Waals surface area contributed by atoms with Gasteiger partial charge in [-0.1, -0.05) is 60.7 Å². The molecule has 47 heavy (non-hydrogen) atoms. The van der Waals surface area contributed by atoms with Crippen molar-refractivity contribution in [1.82, 2.24) is 0 Å². The van der Waals surface area contributed by atoms with Crippen molar-refractivity contribution in [2.45, 2.75) is 45.9 Å². The zero-order chi connectivity index (χ0) is 33.6. The molecule has 0 aromatic heterocycles. The van der Waals surface area contributed by atoms with Crippen molar-refractivity contribution < 1.29 is 13.0 Å². The molecule has 0 aliphatic heterocycles. The monoisotopic (exact) mass is 647 g/mol. The van der Waals surface area contributed by atoms with E-state index in [1.807, 2.05) is 0 Å². The van der Waals surface area contributed by atoms with E-state index in [9.17, 15) is 13.0 Å². The van der Waals surface area contributed by atoms with Crippen LogP contribution in [0.2, 0.25) is 0 Å². The molecule has 0 saturated carbocycles. The van der Waals surface area contributed by atoms with Crippen molar-refractivity contribution in [2.75, 3.05) is 42.5 Å². The maximum Gasteiger partial charge on any atom is 0.294 e. The summed E-state index contributed by atoms with van der Waals surface area (Å²) in [7, 11) is -4.26. The fourth-order valence-electron chi connectivity index (χ4n) is 6.47. The van der Waals surface area contributed by atoms with Crippen molar-refractivity contribution in [3.63, 3.8) is 0 Å². The number of benzene rings is 4. The normalized spacial score (nSPS) is 14.6. The molecule has 7 heteroatoms. The zero-order valence-electron chi connectivity index (χ0n) is 28.1. The van der Waals surface area contributed by atoms with Crippen LogP contribution in [0, 0.1) is 0 Å². The molecule has 1 N–H and O–H groups in total. The fourth-order valence-corrected chi connectivity index (χ4v) is 6.95. The molecule has 4 aromatic carbocycles. The second-order valence-corrected chi connectivity index (χ2v) is 13.0. The van der Waals surface area contributed by atoms with Gasteiger partial charge in [0.25, 0.3) is 10.1 Å². The number of hydrogen-bond donors (Lipinski definition) is 1. The van der Waals surface area contributed by atoms with E-state index in [4.69, 9.17) is 4.99 Å². The molecule has 0 saturated heterocycles. The third kappa shape index (κ3) is 7.42. The van der Waals surface area contributed by atoms with Crippen molar-refractivity contribution >= 4 is 38.4 Å². The molecule has 0 bridgehead atoms. The summed E-state index contributed by atoms with van der Waals surface area (Å²) in [6.07, 6.45) is 4.94. The Hall–Kier alpha value is -4.46. The molecular formula is C40H45N3O3S. The molecule has 4 aromatic rings. The fraction of sp³-hybridized carbons (Fsp3) is 0.275. The first kappa shape index (κ1) is 33.9. The van der Waals surface area contributed by atoms with Gasteiger partial charge in [-0.25, -0.2) is 0 Å². The van der Waals surface area contributed by atoms with Crippen LogP contribution in [0.1, 0.15) is 68.0 Å². The minimum atomic E-state index is -4.26. The Morgan fingerprint density at radius 3 is 1.91 bits per heavy atom. The maximum atomic E-state index is 11.7. The SMILES string of the molecule is CCN=C1C=C/C(=C(\c2ccc(N(CC)CC)cc2)c2ccc(N(CC)CC)c(Cc3ccc(S(=O)(=O)O)cc3)c2)c2ccccc21. The lowest BCUT2D eigenvalue weighted by atomic mass is 9.83. The molecular weight excluding hydrogens is 603 g/mol. The number of rotatable bonds is 12. The number of nitrogens with zero attached hydrogens (tertiary/aromatic N) is 3. The van der Waals surface area contributed by atoms with Crippen molar-refractivity contribution in [2.24, 2.45) is 4.99 Å². The summed E-state index contributed by atoms with van der Waals surface area (Å²) < 4.78 is 32.9. The summed E-state index contributed by atoms with van der Waals surface area (Å²) in [6, 6.07) is 30.6. The van der Waals surface area contributed by atoms with Gasteiger partial charge in [0.15, 0.2) is 0 Å². The van der Waals surface area contributed by atoms with Crippen LogP contribution in [0.15, 0.2) is 113 Å². The third-order valence-electron chi connectivity index (χ3n) is 8.87. The Morgan fingerprint density at radius 2 is 1.32 bits per heavy atom. The molecule has 0 fully saturated rings. The Labute approximate surface area is 280 Å². The number of anilines is 2. The van der Waals surface area contributed by atoms with Crippen LogP contribution in [0.5, 0.6) is 0 Å². The molecule has 1 aliphatic rings. The van der Waals surface area contributed by atoms with Crippen LogP contribution in [0.25, 0.3) is 11.1 Å². The van der Waals surface area contributed by atoms with Gasteiger partial charge in [0.1, 0.15) is 0 Å². The van der Waals surface area contributed by atoms with Crippen molar-refractivity contribution in [1.29, 1.82) is 0 Å². The van der Waals surface area contributed by atoms with Gasteiger partial charge in [-0.15, -0.1) is 0 Å². The summed E-state index contributed by atoms with van der Waals surface area (Å²) >= 11 is 0. The van der Waals surface area contributed by atoms with E-state index in [0.29, 0.717) is 13.0 Å². The van der Waals surface area contributed by atoms with Gasteiger partial charge in [-0.3, -0.25) is 9.55 Å². The predicted octanol–water partition coefficient (Wildman–Crippen LogP) is 8.55. The van der Waals surface area contributed by atoms with E-state index in [2.05, 4.69) is 123 Å². The van der Waals surface area contributed by atoms with Gasteiger partial charge < -0.3 is 9.80 Å². The van der Waals surface area contributed by atoms with Crippen LogP contribution in [-0.2, 0) is 16.5 Å². The van der Waals surface area contributed by atoms with Crippen LogP contribution in [-0.4, -0.2) is 51.4 Å². The number of hydrogen-bond acceptors (Lipinski definition) is 5. The lowest BCUT2D eigenvalue weighted by Gasteiger charge is -2.26. The zero-order valence-corrected chi connectivity index (χ0v) is 28.9. The van der Waals surface area contributed by atoms with Gasteiger partial charge in [0.05, 0.1) is 10.6 Å². The summed E-state index contributed by atoms with van der Waals surface area (Å²) in [4.78, 5) is 9.38. The van der Waals surface area contributed by atoms with Crippen LogP contribution in [0.4, 0.5) is 11.4 Å². The molecule has 244 valence electrons. The molecule has 0 spiro atoms. The molecule has 0 atom stereocenters. The summed E-state index contributed by atoms with van der Waals surface area (Å²) in [5, 5.41) is 0. The smallest absolute Gasteiger partial charge is 0.294 e. The molecule has 0 radical (unpaired) electrons. The van der Waals surface area contributed by atoms with Gasteiger partial charge in [0.2, 0.25) is 0 Å². The first-order chi connectivity index (χ1) is 22.7. The van der Waals surface area contributed by atoms with E-state index in [0.717, 1.165) is 82.1 Å². The average molecular weight is 648 g/mol. The molecule has 0 heterocycles. The minimum Gasteiger partial charge on any atom is -0.372 e. The first-order valence-corrected chi connectivity index (χ1v) is 18.0. The number of fused-ring (bicyclic) bond motifs is 1. The van der Waals surface area contributed by atoms with Crippen molar-refractivity contribution in [3.05, 3.63) is 137 Å². The number of allylic oxidation sites excluding steroid dienone is 3. The van der Waals surface area contributed by atoms with E-state index >= 15 is 0 Å². The molecule has 0 amide bonds. The predicted molar refractivity (Wildman–Crippen MR) is 198 cm³/mol. The third-order valence-corrected chi connectivity index (χ3v) is 9.74. The topological polar surface area (TPSA) is 73.2 Å². The quantitative estimate of drug-likeness (QED) is 0.156. The lowest BCUT2D eigenvalue weighted by molar-refractivity contribution is 0.483. The van der Waals surface area contributed by atoms with E-state index in [-0.39, 0.29) is 4.90 Å². The highest BCUT2D eigenvalue weighted by molar-refractivity contribution is 7.85. The molecule has 5 rings (SSSR count). The minimum absolute atomic E-state index is 0.104. The van der Waals surface area contributed by atoms with Crippen LogP contribution >= 0.6 is 0 Å². The Bertz CT molecular complexity index is 1900. The van der Waals surface area contributed by atoms with E-state index < -0.39 is 10.1 Å². The Balaban J connectivity index is 1.73. The highest BCUT2D eigenvalue weighted by atomic mass is 32.2.